The molecule has 0 heterocycles. The van der Waals surface area contributed by atoms with Gasteiger partial charge in [0.05, 0.1) is 0 Å². The van der Waals surface area contributed by atoms with E-state index < -0.39 is 0 Å². The van der Waals surface area contributed by atoms with Gasteiger partial charge in [0.25, 0.3) is 0 Å². The molecule has 0 spiro atoms. The molecule has 0 amide bonds. The van der Waals surface area contributed by atoms with Crippen LogP contribution in [-0.2, 0) is 49.0 Å². The van der Waals surface area contributed by atoms with Crippen LogP contribution in [0.1, 0.15) is 113 Å². The van der Waals surface area contributed by atoms with Crippen LogP contribution in [0.25, 0.3) is 43.8 Å². The molecule has 0 N–H and O–H groups in total. The first-order valence-corrected chi connectivity index (χ1v) is 24.7. The summed E-state index contributed by atoms with van der Waals surface area (Å²) in [5.74, 6) is 1.81. The Morgan fingerprint density at radius 1 is 0.518 bits per heavy atom. The maximum atomic E-state index is 3.06. The quantitative estimate of drug-likeness (QED) is 0.0950. The standard InChI is InChI=1S/2C25H29.2CH3.2ClH.Si.Zr/c2*1-2-7-19-12-14-22(15-13-19)24-11-6-10-23-17-21(18-25(23)24)16-20-8-4-3-5-9-20;;;;;;/h2*6,10-15,17-18,20H,2-5,7-9,16H2,1H3;2*1H3;2*1H;;/q4*-1;;;;. The van der Waals surface area contributed by atoms with Crippen LogP contribution in [-0.4, -0.2) is 6.88 Å². The number of halogens is 2. The Labute approximate surface area is 370 Å². The van der Waals surface area contributed by atoms with Gasteiger partial charge < -0.3 is 14.9 Å². The van der Waals surface area contributed by atoms with Crippen molar-refractivity contribution in [3.8, 4) is 22.3 Å². The second-order valence-electron chi connectivity index (χ2n) is 15.7. The number of hydrogen-bond donors (Lipinski definition) is 0. The molecule has 2 saturated carbocycles. The van der Waals surface area contributed by atoms with E-state index in [4.69, 9.17) is 0 Å². The molecule has 56 heavy (non-hydrogen) atoms. The van der Waals surface area contributed by atoms with E-state index in [2.05, 4.69) is 130 Å². The molecule has 4 heteroatoms. The number of benzene rings is 4. The van der Waals surface area contributed by atoms with E-state index in [1.54, 1.807) is 0 Å². The van der Waals surface area contributed by atoms with Gasteiger partial charge in [-0.2, -0.15) is 12.1 Å². The van der Waals surface area contributed by atoms with Crippen molar-refractivity contribution >= 4 is 53.2 Å². The molecule has 0 unspecified atom stereocenters. The first-order chi connectivity index (χ1) is 25.7. The molecule has 2 aliphatic rings. The Morgan fingerprint density at radius 2 is 0.875 bits per heavy atom. The molecule has 300 valence electrons. The molecule has 6 aromatic rings. The Bertz CT molecular complexity index is 1810. The van der Waals surface area contributed by atoms with Crippen molar-refractivity contribution in [2.45, 2.75) is 117 Å². The van der Waals surface area contributed by atoms with Gasteiger partial charge in [0, 0.05) is 0 Å². The van der Waals surface area contributed by atoms with Crippen molar-refractivity contribution in [3.05, 3.63) is 146 Å². The van der Waals surface area contributed by atoms with E-state index in [9.17, 15) is 0 Å². The fourth-order valence-electron chi connectivity index (χ4n) is 9.06. The maximum absolute atomic E-state index is 3.06. The number of rotatable bonds is 10. The summed E-state index contributed by atoms with van der Waals surface area (Å²) in [4.78, 5) is 0. The molecule has 0 nitrogen and oxygen atoms in total. The fourth-order valence-corrected chi connectivity index (χ4v) is 9.06. The van der Waals surface area contributed by atoms with Crippen LogP contribution in [0.15, 0.2) is 109 Å². The molecule has 0 bridgehead atoms. The molecular weight excluding hydrogens is 815 g/mol. The molecule has 6 aromatic carbocycles. The van der Waals surface area contributed by atoms with Gasteiger partial charge in [-0.05, 0) is 59.8 Å². The summed E-state index contributed by atoms with van der Waals surface area (Å²) in [6.45, 7) is 7.55. The molecule has 8 rings (SSSR count). The average molecular weight is 881 g/mol. The van der Waals surface area contributed by atoms with Gasteiger partial charge in [-0.15, -0.1) is 93.9 Å². The first-order valence-electron chi connectivity index (χ1n) is 20.5. The van der Waals surface area contributed by atoms with Crippen LogP contribution in [0.2, 0.25) is 0 Å². The van der Waals surface area contributed by atoms with E-state index in [-0.39, 0.29) is 39.7 Å². The molecule has 2 aliphatic carbocycles. The van der Waals surface area contributed by atoms with Gasteiger partial charge in [0.2, 0.25) is 0 Å². The van der Waals surface area contributed by atoms with E-state index in [0.29, 0.717) is 0 Å². The van der Waals surface area contributed by atoms with Crippen molar-refractivity contribution in [1.82, 2.24) is 0 Å². The van der Waals surface area contributed by atoms with E-state index in [0.717, 1.165) is 11.8 Å². The topological polar surface area (TPSA) is 0 Å². The number of fused-ring (bicyclic) bond motifs is 2. The van der Waals surface area contributed by atoms with Crippen molar-refractivity contribution in [2.75, 3.05) is 0 Å². The van der Waals surface area contributed by atoms with Gasteiger partial charge in [0.15, 0.2) is 0 Å². The summed E-state index contributed by atoms with van der Waals surface area (Å²) in [5.41, 5.74) is 11.4. The summed E-state index contributed by atoms with van der Waals surface area (Å²) in [6, 6.07) is 41.7. The third-order valence-corrected chi connectivity index (χ3v) is 11.7. The molecule has 2 radical (unpaired) electrons. The Hall–Kier alpha value is -2.22. The fraction of sp³-hybridized carbons (Fsp3) is 0.385. The van der Waals surface area contributed by atoms with Crippen LogP contribution < -0.4 is 0 Å². The van der Waals surface area contributed by atoms with Gasteiger partial charge in [0.1, 0.15) is 0 Å². The predicted molar refractivity (Wildman–Crippen MR) is 252 cm³/mol. The average Bonchev–Trinajstić information content (AvgIpc) is 3.81. The molecule has 0 aliphatic heterocycles. The second-order valence-corrected chi connectivity index (χ2v) is 15.7. The summed E-state index contributed by atoms with van der Waals surface area (Å²) in [7, 11) is 0. The van der Waals surface area contributed by atoms with Gasteiger partial charge in [-0.3, -0.25) is 0 Å². The third-order valence-electron chi connectivity index (χ3n) is 11.7. The van der Waals surface area contributed by atoms with Crippen LogP contribution in [0.4, 0.5) is 0 Å². The molecule has 2 fully saturated rings. The summed E-state index contributed by atoms with van der Waals surface area (Å²) in [6.07, 6.45) is 21.6. The van der Waals surface area contributed by atoms with Crippen LogP contribution in [0.3, 0.4) is 0 Å². The number of aryl methyl sites for hydroxylation is 2. The zero-order valence-electron chi connectivity index (χ0n) is 34.7. The second kappa shape index (κ2) is 26.0. The zero-order chi connectivity index (χ0) is 36.1. The molecule has 0 aromatic heterocycles. The summed E-state index contributed by atoms with van der Waals surface area (Å²) < 4.78 is 0. The Kier molecular flexibility index (Phi) is 23.2. The van der Waals surface area contributed by atoms with Crippen molar-refractivity contribution in [1.29, 1.82) is 0 Å². The van der Waals surface area contributed by atoms with Crippen molar-refractivity contribution in [2.24, 2.45) is 11.8 Å². The Morgan fingerprint density at radius 3 is 1.21 bits per heavy atom. The number of hydrogen-bond acceptors (Lipinski definition) is 0. The first kappa shape index (κ1) is 49.9. The Balaban J connectivity index is 0.000000347. The van der Waals surface area contributed by atoms with Gasteiger partial charge in [-0.25, -0.2) is 0 Å². The minimum absolute atomic E-state index is 0. The zero-order valence-corrected chi connectivity index (χ0v) is 39.8. The van der Waals surface area contributed by atoms with E-state index in [1.165, 1.54) is 192 Å². The van der Waals surface area contributed by atoms with Crippen LogP contribution >= 0.6 is 24.8 Å². The SMILES string of the molecule is CCCc1ccc(-c2cccc3[cH-]c(CC4CCCCC4)cc23)cc1.CCCc1ccc(-c2cccc3[cH-]c(CC4CCCCC4)cc23)cc1.Cl.Cl.[CH3-].[CH3-].[Si]=[Zr]. The molecule has 0 saturated heterocycles. The van der Waals surface area contributed by atoms with Crippen LogP contribution in [0.5, 0.6) is 0 Å². The monoisotopic (exact) mass is 878 g/mol. The normalized spacial score (nSPS) is 14.1. The van der Waals surface area contributed by atoms with E-state index in [1.807, 2.05) is 0 Å². The third kappa shape index (κ3) is 13.4. The predicted octanol–water partition coefficient (Wildman–Crippen LogP) is 16.0. The summed E-state index contributed by atoms with van der Waals surface area (Å²) >= 11 is 1.36. The van der Waals surface area contributed by atoms with Crippen molar-refractivity contribution < 1.29 is 23.3 Å². The summed E-state index contributed by atoms with van der Waals surface area (Å²) in [5, 5.41) is 5.66. The van der Waals surface area contributed by atoms with Gasteiger partial charge in [-0.1, -0.05) is 163 Å². The molecular formula is C52H66Cl2SiZr-4. The van der Waals surface area contributed by atoms with Gasteiger partial charge >= 0.3 is 30.2 Å². The van der Waals surface area contributed by atoms with Crippen LogP contribution in [0, 0.1) is 26.7 Å². The van der Waals surface area contributed by atoms with E-state index >= 15 is 0 Å². The molecule has 0 atom stereocenters. The van der Waals surface area contributed by atoms with Crippen molar-refractivity contribution in [3.63, 3.8) is 0 Å². The minimum atomic E-state index is 0.